The second-order valence-electron chi connectivity index (χ2n) is 5.52. The van der Waals surface area contributed by atoms with Gasteiger partial charge in [0.25, 0.3) is 0 Å². The Morgan fingerprint density at radius 1 is 1.35 bits per heavy atom. The van der Waals surface area contributed by atoms with Gasteiger partial charge in [0.05, 0.1) is 21.8 Å². The van der Waals surface area contributed by atoms with E-state index in [0.717, 1.165) is 14.4 Å². The van der Waals surface area contributed by atoms with Gasteiger partial charge in [-0.3, -0.25) is 19.7 Å². The van der Waals surface area contributed by atoms with Gasteiger partial charge < -0.3 is 4.74 Å². The molecule has 3 rings (SSSR count). The van der Waals surface area contributed by atoms with Crippen molar-refractivity contribution in [2.75, 3.05) is 17.3 Å². The smallest absolute Gasteiger partial charge is 0.243 e. The third-order valence-corrected chi connectivity index (χ3v) is 6.78. The summed E-state index contributed by atoms with van der Waals surface area (Å²) in [6.07, 6.45) is 0.633. The predicted molar refractivity (Wildman–Crippen MR) is 106 cm³/mol. The number of ether oxygens (including phenoxy) is 1. The molecule has 1 fully saturated rings. The van der Waals surface area contributed by atoms with Gasteiger partial charge in [0.15, 0.2) is 0 Å². The monoisotopic (exact) mass is 456 g/mol. The second-order valence-corrected chi connectivity index (χ2v) is 9.09. The number of halogens is 1. The van der Waals surface area contributed by atoms with E-state index in [1.165, 1.54) is 0 Å². The van der Waals surface area contributed by atoms with Crippen LogP contribution in [0.1, 0.15) is 23.1 Å². The van der Waals surface area contributed by atoms with Crippen LogP contribution in [0.3, 0.4) is 0 Å². The Kier molecular flexibility index (Phi) is 6.58. The molecular formula is C17H17BrN2O4S2. The Morgan fingerprint density at radius 3 is 2.88 bits per heavy atom. The van der Waals surface area contributed by atoms with Crippen LogP contribution in [-0.2, 0) is 9.59 Å². The zero-order valence-electron chi connectivity index (χ0n) is 13.7. The number of carbonyl (C=O) groups excluding carboxylic acids is 2. The number of nitrogens with zero attached hydrogens (tertiary/aromatic N) is 1. The van der Waals surface area contributed by atoms with Crippen LogP contribution in [0.25, 0.3) is 0 Å². The maximum absolute atomic E-state index is 12.5. The van der Waals surface area contributed by atoms with Crippen molar-refractivity contribution in [1.29, 1.82) is 0 Å². The Labute approximate surface area is 167 Å². The number of rotatable bonds is 7. The molecule has 1 saturated heterocycles. The zero-order valence-corrected chi connectivity index (χ0v) is 16.9. The van der Waals surface area contributed by atoms with Gasteiger partial charge in [0, 0.05) is 11.3 Å². The van der Waals surface area contributed by atoms with Crippen molar-refractivity contribution in [3.8, 4) is 5.75 Å². The minimum atomic E-state index is -0.448. The lowest BCUT2D eigenvalue weighted by molar-refractivity contribution is -0.129. The topological polar surface area (TPSA) is 78.9 Å². The number of thioether (sulfide) groups is 1. The van der Waals surface area contributed by atoms with E-state index in [1.807, 2.05) is 36.4 Å². The lowest BCUT2D eigenvalue weighted by Gasteiger charge is -2.25. The highest BCUT2D eigenvalue weighted by atomic mass is 79.9. The molecular weight excluding hydrogens is 440 g/mol. The molecule has 0 bridgehead atoms. The van der Waals surface area contributed by atoms with E-state index in [-0.39, 0.29) is 17.7 Å². The fraction of sp³-hybridized carbons (Fsp3) is 0.294. The summed E-state index contributed by atoms with van der Waals surface area (Å²) in [6.45, 7) is 0.314. The Bertz CT molecular complexity index is 799. The summed E-state index contributed by atoms with van der Waals surface area (Å²) in [4.78, 5) is 26.5. The van der Waals surface area contributed by atoms with Crippen molar-refractivity contribution >= 4 is 56.5 Å². The first-order valence-corrected chi connectivity index (χ1v) is 10.6. The summed E-state index contributed by atoms with van der Waals surface area (Å²) in [5, 5.41) is 8.44. The van der Waals surface area contributed by atoms with Crippen molar-refractivity contribution in [2.24, 2.45) is 0 Å². The molecule has 1 unspecified atom stereocenters. The fourth-order valence-electron chi connectivity index (χ4n) is 2.61. The van der Waals surface area contributed by atoms with Crippen LogP contribution in [0.5, 0.6) is 5.75 Å². The summed E-state index contributed by atoms with van der Waals surface area (Å²) >= 11 is 6.68. The maximum Gasteiger partial charge on any atom is 0.243 e. The Hall–Kier alpha value is -1.55. The number of benzene rings is 1. The third kappa shape index (κ3) is 4.40. The number of para-hydroxylation sites is 2. The van der Waals surface area contributed by atoms with Gasteiger partial charge in [0.2, 0.25) is 11.8 Å². The molecule has 2 N–H and O–H groups in total. The number of hydrogen-bond donors (Lipinski definition) is 2. The van der Waals surface area contributed by atoms with Crippen LogP contribution < -0.4 is 15.1 Å². The number of anilines is 1. The highest BCUT2D eigenvalue weighted by molar-refractivity contribution is 9.11. The first kappa shape index (κ1) is 19.2. The summed E-state index contributed by atoms with van der Waals surface area (Å²) in [5.74, 6) is 0.621. The zero-order chi connectivity index (χ0) is 18.5. The largest absolute Gasteiger partial charge is 0.491 e. The van der Waals surface area contributed by atoms with Gasteiger partial charge >= 0.3 is 0 Å². The second kappa shape index (κ2) is 8.90. The standard InChI is InChI=1S/C17H17BrN2O4S2/c18-14-8-7-13(26-14)17-20(16(22)10-25-17)11-4-1-2-5-12(11)24-9-3-6-15(21)19-23/h1-2,4-5,7-8,17,23H,3,6,9-10H2,(H,19,21). The van der Waals surface area contributed by atoms with Gasteiger partial charge in [-0.1, -0.05) is 12.1 Å². The van der Waals surface area contributed by atoms with Crippen LogP contribution in [0.15, 0.2) is 40.2 Å². The lowest BCUT2D eigenvalue weighted by atomic mass is 10.2. The molecule has 2 aromatic rings. The van der Waals surface area contributed by atoms with E-state index >= 15 is 0 Å². The van der Waals surface area contributed by atoms with Gasteiger partial charge in [-0.2, -0.15) is 0 Å². The normalized spacial score (nSPS) is 16.8. The van der Waals surface area contributed by atoms with Crippen molar-refractivity contribution in [3.63, 3.8) is 0 Å². The number of hydrogen-bond acceptors (Lipinski definition) is 6. The highest BCUT2D eigenvalue weighted by Crippen LogP contribution is 2.47. The summed E-state index contributed by atoms with van der Waals surface area (Å²) in [6, 6.07) is 11.4. The van der Waals surface area contributed by atoms with Crippen LogP contribution in [0, 0.1) is 0 Å². The molecule has 0 aliphatic carbocycles. The Balaban J connectivity index is 1.77. The van der Waals surface area contributed by atoms with Gasteiger partial charge in [-0.15, -0.1) is 23.1 Å². The fourth-order valence-corrected chi connectivity index (χ4v) is 5.41. The molecule has 1 aromatic carbocycles. The van der Waals surface area contributed by atoms with E-state index in [2.05, 4.69) is 15.9 Å². The molecule has 1 aliphatic heterocycles. The highest BCUT2D eigenvalue weighted by Gasteiger charge is 2.36. The van der Waals surface area contributed by atoms with Crippen LogP contribution >= 0.6 is 39.0 Å². The van der Waals surface area contributed by atoms with E-state index in [9.17, 15) is 9.59 Å². The summed E-state index contributed by atoms with van der Waals surface area (Å²) in [7, 11) is 0. The molecule has 1 aromatic heterocycles. The average Bonchev–Trinajstić information content (AvgIpc) is 3.24. The molecule has 26 heavy (non-hydrogen) atoms. The molecule has 2 amide bonds. The Morgan fingerprint density at radius 2 is 2.15 bits per heavy atom. The quantitative estimate of drug-likeness (QED) is 0.374. The average molecular weight is 457 g/mol. The van der Waals surface area contributed by atoms with Crippen molar-refractivity contribution in [3.05, 3.63) is 45.1 Å². The van der Waals surface area contributed by atoms with Crippen LogP contribution in [0.4, 0.5) is 5.69 Å². The summed E-state index contributed by atoms with van der Waals surface area (Å²) in [5.41, 5.74) is 2.32. The van der Waals surface area contributed by atoms with E-state index in [0.29, 0.717) is 24.5 Å². The molecule has 1 aliphatic rings. The first-order valence-electron chi connectivity index (χ1n) is 7.94. The van der Waals surface area contributed by atoms with E-state index in [1.54, 1.807) is 33.5 Å². The lowest BCUT2D eigenvalue weighted by Crippen LogP contribution is -2.28. The van der Waals surface area contributed by atoms with Gasteiger partial charge in [-0.05, 0) is 46.6 Å². The minimum absolute atomic E-state index is 0.0419. The SMILES string of the molecule is O=C(CCCOc1ccccc1N1C(=O)CSC1c1ccc(Br)s1)NO. The van der Waals surface area contributed by atoms with E-state index < -0.39 is 5.91 Å². The molecule has 0 saturated carbocycles. The van der Waals surface area contributed by atoms with Gasteiger partial charge in [0.1, 0.15) is 11.1 Å². The number of hydroxylamine groups is 1. The summed E-state index contributed by atoms with van der Waals surface area (Å²) < 4.78 is 6.84. The molecule has 9 heteroatoms. The minimum Gasteiger partial charge on any atom is -0.491 e. The maximum atomic E-state index is 12.5. The number of nitrogens with one attached hydrogen (secondary N) is 1. The first-order chi connectivity index (χ1) is 12.6. The predicted octanol–water partition coefficient (Wildman–Crippen LogP) is 3.95. The molecule has 0 spiro atoms. The molecule has 1 atom stereocenters. The third-order valence-electron chi connectivity index (χ3n) is 3.76. The van der Waals surface area contributed by atoms with Crippen molar-refractivity contribution < 1.29 is 19.5 Å². The van der Waals surface area contributed by atoms with E-state index in [4.69, 9.17) is 9.94 Å². The molecule has 0 radical (unpaired) electrons. The molecule has 2 heterocycles. The molecule has 138 valence electrons. The number of amides is 2. The van der Waals surface area contributed by atoms with Gasteiger partial charge in [-0.25, -0.2) is 5.48 Å². The number of thiophene rings is 1. The van der Waals surface area contributed by atoms with Crippen molar-refractivity contribution in [2.45, 2.75) is 18.2 Å². The molecule has 6 nitrogen and oxygen atoms in total. The van der Waals surface area contributed by atoms with Crippen molar-refractivity contribution in [1.82, 2.24) is 5.48 Å². The van der Waals surface area contributed by atoms with Crippen LogP contribution in [0.2, 0.25) is 0 Å². The van der Waals surface area contributed by atoms with Crippen LogP contribution in [-0.4, -0.2) is 29.4 Å². The number of carbonyl (C=O) groups is 2.